The number of carbonyl (C=O) groups excluding carboxylic acids is 1. The molecule has 7 nitrogen and oxygen atoms in total. The highest BCUT2D eigenvalue weighted by molar-refractivity contribution is 7.93. The third-order valence-electron chi connectivity index (χ3n) is 3.72. The number of hydrogen-bond donors (Lipinski definition) is 2. The predicted molar refractivity (Wildman–Crippen MR) is 110 cm³/mol. The van der Waals surface area contributed by atoms with E-state index in [0.29, 0.717) is 18.0 Å². The van der Waals surface area contributed by atoms with Crippen molar-refractivity contribution in [3.05, 3.63) is 65.2 Å². The average molecular weight is 418 g/mol. The Morgan fingerprint density at radius 3 is 2.57 bits per heavy atom. The number of anilines is 2. The van der Waals surface area contributed by atoms with Crippen LogP contribution in [-0.4, -0.2) is 25.9 Å². The lowest BCUT2D eigenvalue weighted by Crippen LogP contribution is -2.15. The van der Waals surface area contributed by atoms with Crippen LogP contribution in [-0.2, 0) is 10.0 Å². The first-order valence-electron chi connectivity index (χ1n) is 8.47. The van der Waals surface area contributed by atoms with Gasteiger partial charge < -0.3 is 10.1 Å². The van der Waals surface area contributed by atoms with Crippen molar-refractivity contribution in [2.45, 2.75) is 18.7 Å². The molecule has 28 heavy (non-hydrogen) atoms. The number of sulfonamides is 1. The number of benzene rings is 2. The maximum absolute atomic E-state index is 12.5. The number of carbonyl (C=O) groups is 1. The van der Waals surface area contributed by atoms with Gasteiger partial charge in [-0.2, -0.15) is 0 Å². The van der Waals surface area contributed by atoms with Gasteiger partial charge in [0.2, 0.25) is 0 Å². The van der Waals surface area contributed by atoms with Crippen molar-refractivity contribution in [3.63, 3.8) is 0 Å². The van der Waals surface area contributed by atoms with E-state index in [1.165, 1.54) is 17.5 Å². The molecule has 1 aromatic heterocycles. The summed E-state index contributed by atoms with van der Waals surface area (Å²) in [6.07, 6.45) is 0. The summed E-state index contributed by atoms with van der Waals surface area (Å²) in [5.74, 6) is 0.0954. The van der Waals surface area contributed by atoms with E-state index in [9.17, 15) is 13.2 Å². The summed E-state index contributed by atoms with van der Waals surface area (Å²) in [7, 11) is -3.77. The molecule has 0 aliphatic carbocycles. The maximum atomic E-state index is 12.5. The van der Waals surface area contributed by atoms with Gasteiger partial charge in [0.25, 0.3) is 15.9 Å². The standard InChI is InChI=1S/C19H19N3O4S2/c1-3-26-17-7-5-4-6-15(17)20-18(23)16-12-27-19(21-16)22-28(24,25)14-10-8-13(2)9-11-14/h4-12H,3H2,1-2H3,(H,20,23)(H,21,22). The third kappa shape index (κ3) is 4.68. The zero-order valence-electron chi connectivity index (χ0n) is 15.3. The van der Waals surface area contributed by atoms with Gasteiger partial charge in [0.1, 0.15) is 11.4 Å². The largest absolute Gasteiger partial charge is 0.492 e. The molecule has 3 aromatic rings. The molecular formula is C19H19N3O4S2. The van der Waals surface area contributed by atoms with Crippen LogP contribution in [0.3, 0.4) is 0 Å². The van der Waals surface area contributed by atoms with Crippen molar-refractivity contribution < 1.29 is 17.9 Å². The van der Waals surface area contributed by atoms with Gasteiger partial charge in [0.05, 0.1) is 17.2 Å². The van der Waals surface area contributed by atoms with Crippen molar-refractivity contribution in [1.82, 2.24) is 4.98 Å². The summed E-state index contributed by atoms with van der Waals surface area (Å²) < 4.78 is 32.8. The lowest BCUT2D eigenvalue weighted by Gasteiger charge is -2.10. The molecule has 146 valence electrons. The number of hydrogen-bond acceptors (Lipinski definition) is 6. The van der Waals surface area contributed by atoms with E-state index >= 15 is 0 Å². The Balaban J connectivity index is 1.73. The highest BCUT2D eigenvalue weighted by Gasteiger charge is 2.18. The van der Waals surface area contributed by atoms with Crippen LogP contribution in [0.25, 0.3) is 0 Å². The highest BCUT2D eigenvalue weighted by Crippen LogP contribution is 2.25. The van der Waals surface area contributed by atoms with Crippen molar-refractivity contribution in [3.8, 4) is 5.75 Å². The first kappa shape index (κ1) is 19.8. The number of rotatable bonds is 7. The summed E-state index contributed by atoms with van der Waals surface area (Å²) in [6, 6.07) is 13.5. The molecule has 1 heterocycles. The van der Waals surface area contributed by atoms with Gasteiger partial charge in [-0.05, 0) is 38.1 Å². The minimum Gasteiger partial charge on any atom is -0.492 e. The lowest BCUT2D eigenvalue weighted by atomic mass is 10.2. The molecule has 0 saturated heterocycles. The Morgan fingerprint density at radius 1 is 1.14 bits per heavy atom. The number of ether oxygens (including phenoxy) is 1. The van der Waals surface area contributed by atoms with Gasteiger partial charge in [0, 0.05) is 5.38 Å². The number of aryl methyl sites for hydroxylation is 1. The molecule has 0 aliphatic heterocycles. The molecule has 3 rings (SSSR count). The van der Waals surface area contributed by atoms with Crippen LogP contribution in [0.15, 0.2) is 58.8 Å². The number of nitrogens with zero attached hydrogens (tertiary/aromatic N) is 1. The molecule has 2 N–H and O–H groups in total. The van der Waals surface area contributed by atoms with E-state index in [1.54, 1.807) is 36.4 Å². The summed E-state index contributed by atoms with van der Waals surface area (Å²) in [5.41, 5.74) is 1.58. The van der Waals surface area contributed by atoms with Gasteiger partial charge >= 0.3 is 0 Å². The van der Waals surface area contributed by atoms with Crippen molar-refractivity contribution in [1.29, 1.82) is 0 Å². The molecule has 0 saturated carbocycles. The first-order valence-corrected chi connectivity index (χ1v) is 10.8. The third-order valence-corrected chi connectivity index (χ3v) is 5.97. The maximum Gasteiger partial charge on any atom is 0.275 e. The fourth-order valence-corrected chi connectivity index (χ4v) is 4.30. The Kier molecular flexibility index (Phi) is 5.96. The van der Waals surface area contributed by atoms with Crippen LogP contribution in [0.2, 0.25) is 0 Å². The second-order valence-electron chi connectivity index (χ2n) is 5.84. The van der Waals surface area contributed by atoms with Crippen LogP contribution in [0.1, 0.15) is 23.0 Å². The monoisotopic (exact) mass is 417 g/mol. The minimum absolute atomic E-state index is 0.109. The molecule has 0 bridgehead atoms. The molecule has 0 aliphatic rings. The number of aromatic nitrogens is 1. The fraction of sp³-hybridized carbons (Fsp3) is 0.158. The normalized spacial score (nSPS) is 11.1. The molecule has 0 spiro atoms. The highest BCUT2D eigenvalue weighted by atomic mass is 32.2. The molecule has 0 atom stereocenters. The Labute approximate surface area is 167 Å². The van der Waals surface area contributed by atoms with Gasteiger partial charge in [-0.3, -0.25) is 9.52 Å². The van der Waals surface area contributed by atoms with Crippen LogP contribution in [0.5, 0.6) is 5.75 Å². The van der Waals surface area contributed by atoms with E-state index in [-0.39, 0.29) is 15.7 Å². The molecule has 9 heteroatoms. The number of thiazole rings is 1. The Hall–Kier alpha value is -2.91. The van der Waals surface area contributed by atoms with Crippen LogP contribution in [0, 0.1) is 6.92 Å². The van der Waals surface area contributed by atoms with E-state index in [4.69, 9.17) is 4.74 Å². The van der Waals surface area contributed by atoms with Crippen molar-refractivity contribution >= 4 is 38.1 Å². The first-order chi connectivity index (χ1) is 13.4. The quantitative estimate of drug-likeness (QED) is 0.608. The topological polar surface area (TPSA) is 97.4 Å². The number of amides is 1. The van der Waals surface area contributed by atoms with Gasteiger partial charge in [-0.25, -0.2) is 13.4 Å². The van der Waals surface area contributed by atoms with Crippen molar-refractivity contribution in [2.24, 2.45) is 0 Å². The zero-order chi connectivity index (χ0) is 20.1. The molecule has 0 unspecified atom stereocenters. The van der Waals surface area contributed by atoms with Gasteiger partial charge in [0.15, 0.2) is 5.13 Å². The minimum atomic E-state index is -3.77. The lowest BCUT2D eigenvalue weighted by molar-refractivity contribution is 0.102. The van der Waals surface area contributed by atoms with Gasteiger partial charge in [-0.15, -0.1) is 11.3 Å². The summed E-state index contributed by atoms with van der Waals surface area (Å²) >= 11 is 1.03. The molecule has 0 radical (unpaired) electrons. The smallest absolute Gasteiger partial charge is 0.275 e. The SMILES string of the molecule is CCOc1ccccc1NC(=O)c1csc(NS(=O)(=O)c2ccc(C)cc2)n1. The molecule has 1 amide bonds. The molecule has 2 aromatic carbocycles. The van der Waals surface area contributed by atoms with Crippen LogP contribution < -0.4 is 14.8 Å². The summed E-state index contributed by atoms with van der Waals surface area (Å²) in [4.78, 5) is 16.7. The average Bonchev–Trinajstić information content (AvgIpc) is 3.12. The van der Waals surface area contributed by atoms with Crippen molar-refractivity contribution in [2.75, 3.05) is 16.6 Å². The molecular weight excluding hydrogens is 398 g/mol. The van der Waals surface area contributed by atoms with Crippen LogP contribution >= 0.6 is 11.3 Å². The summed E-state index contributed by atoms with van der Waals surface area (Å²) in [6.45, 7) is 4.19. The van der Waals surface area contributed by atoms with E-state index < -0.39 is 15.9 Å². The number of nitrogens with one attached hydrogen (secondary N) is 2. The second-order valence-corrected chi connectivity index (χ2v) is 8.38. The van der Waals surface area contributed by atoms with E-state index in [0.717, 1.165) is 16.9 Å². The van der Waals surface area contributed by atoms with Gasteiger partial charge in [-0.1, -0.05) is 29.8 Å². The molecule has 0 fully saturated rings. The Bertz CT molecular complexity index is 1080. The predicted octanol–water partition coefficient (Wildman–Crippen LogP) is 3.90. The fourth-order valence-electron chi connectivity index (χ4n) is 2.35. The van der Waals surface area contributed by atoms with E-state index in [1.807, 2.05) is 13.8 Å². The van der Waals surface area contributed by atoms with Crippen LogP contribution in [0.4, 0.5) is 10.8 Å². The number of para-hydroxylation sites is 2. The Morgan fingerprint density at radius 2 is 1.86 bits per heavy atom. The van der Waals surface area contributed by atoms with E-state index in [2.05, 4.69) is 15.0 Å². The summed E-state index contributed by atoms with van der Waals surface area (Å²) in [5, 5.41) is 4.34. The zero-order valence-corrected chi connectivity index (χ0v) is 16.9. The second kappa shape index (κ2) is 8.41.